The van der Waals surface area contributed by atoms with E-state index >= 15 is 0 Å². The molecule has 1 aliphatic rings. The first-order valence-corrected chi connectivity index (χ1v) is 16.4. The minimum absolute atomic E-state index is 0.152. The summed E-state index contributed by atoms with van der Waals surface area (Å²) < 4.78 is 5.34. The van der Waals surface area contributed by atoms with Crippen LogP contribution >= 0.6 is 0 Å². The van der Waals surface area contributed by atoms with Crippen LogP contribution in [0.3, 0.4) is 0 Å². The molecule has 2 aromatic carbocycles. The van der Waals surface area contributed by atoms with E-state index in [4.69, 9.17) is 4.74 Å². The minimum Gasteiger partial charge on any atom is -0.444 e. The highest BCUT2D eigenvalue weighted by Gasteiger charge is 2.30. The smallest absolute Gasteiger partial charge is 0.407 e. The number of amides is 3. The highest BCUT2D eigenvalue weighted by molar-refractivity contribution is 5.97. The second-order valence-electron chi connectivity index (χ2n) is 13.5. The lowest BCUT2D eigenvalue weighted by atomic mass is 9.81. The van der Waals surface area contributed by atoms with Crippen molar-refractivity contribution in [3.63, 3.8) is 0 Å². The van der Waals surface area contributed by atoms with Crippen molar-refractivity contribution in [2.75, 3.05) is 30.9 Å². The number of alkyl carbamates (subject to hydrolysis) is 1. The van der Waals surface area contributed by atoms with Crippen molar-refractivity contribution in [1.29, 1.82) is 0 Å². The Hall–Kier alpha value is -5.40. The first kappa shape index (κ1) is 34.9. The fourth-order valence-corrected chi connectivity index (χ4v) is 5.66. The topological polar surface area (TPSA) is 180 Å². The van der Waals surface area contributed by atoms with Gasteiger partial charge in [-0.05, 0) is 93.0 Å². The number of aromatic amines is 1. The first-order valence-electron chi connectivity index (χ1n) is 16.4. The summed E-state index contributed by atoms with van der Waals surface area (Å²) in [6.07, 6.45) is 6.33. The number of anilines is 2. The van der Waals surface area contributed by atoms with Crippen LogP contribution < -0.4 is 20.9 Å². The number of hydrogen-bond donors (Lipinski definition) is 4. The number of ether oxygens (including phenoxy) is 1. The van der Waals surface area contributed by atoms with Crippen molar-refractivity contribution in [1.82, 2.24) is 41.2 Å². The maximum Gasteiger partial charge on any atom is 0.407 e. The zero-order chi connectivity index (χ0) is 35.0. The van der Waals surface area contributed by atoms with Gasteiger partial charge < -0.3 is 25.6 Å². The van der Waals surface area contributed by atoms with Gasteiger partial charge in [0.15, 0.2) is 0 Å². The second-order valence-corrected chi connectivity index (χ2v) is 13.5. The molecule has 5 rings (SSSR count). The van der Waals surface area contributed by atoms with Crippen molar-refractivity contribution >= 4 is 29.5 Å². The molecule has 14 heteroatoms. The fourth-order valence-electron chi connectivity index (χ4n) is 5.66. The average Bonchev–Trinajstić information content (AvgIpc) is 3.62. The number of H-pyrrole nitrogens is 1. The van der Waals surface area contributed by atoms with Crippen molar-refractivity contribution < 1.29 is 19.1 Å². The number of nitrogens with one attached hydrogen (secondary N) is 4. The van der Waals surface area contributed by atoms with Gasteiger partial charge in [0.25, 0.3) is 0 Å². The molecular formula is C35H44N10O4. The summed E-state index contributed by atoms with van der Waals surface area (Å²) in [5.41, 5.74) is 3.47. The summed E-state index contributed by atoms with van der Waals surface area (Å²) >= 11 is 0. The molecule has 4 N–H and O–H groups in total. The lowest BCUT2D eigenvalue weighted by Gasteiger charge is -2.29. The maximum absolute atomic E-state index is 13.7. The Bertz CT molecular complexity index is 1680. The van der Waals surface area contributed by atoms with Gasteiger partial charge in [-0.25, -0.2) is 14.8 Å². The zero-order valence-corrected chi connectivity index (χ0v) is 28.6. The molecule has 0 bridgehead atoms. The van der Waals surface area contributed by atoms with Gasteiger partial charge in [-0.3, -0.25) is 9.59 Å². The van der Waals surface area contributed by atoms with E-state index in [2.05, 4.69) is 46.5 Å². The Morgan fingerprint density at radius 1 is 0.918 bits per heavy atom. The van der Waals surface area contributed by atoms with E-state index in [0.717, 1.165) is 35.1 Å². The molecule has 49 heavy (non-hydrogen) atoms. The van der Waals surface area contributed by atoms with Crippen molar-refractivity contribution in [2.24, 2.45) is 11.8 Å². The Kier molecular flexibility index (Phi) is 11.2. The van der Waals surface area contributed by atoms with E-state index in [0.29, 0.717) is 43.3 Å². The molecule has 2 heterocycles. The third kappa shape index (κ3) is 10.0. The van der Waals surface area contributed by atoms with E-state index in [9.17, 15) is 14.4 Å². The van der Waals surface area contributed by atoms with Gasteiger partial charge in [0, 0.05) is 62.2 Å². The number of rotatable bonds is 11. The van der Waals surface area contributed by atoms with Crippen LogP contribution in [0.1, 0.15) is 52.0 Å². The lowest BCUT2D eigenvalue weighted by molar-refractivity contribution is -0.130. The number of benzene rings is 2. The Morgan fingerprint density at radius 2 is 1.57 bits per heavy atom. The van der Waals surface area contributed by atoms with E-state index < -0.39 is 17.7 Å². The van der Waals surface area contributed by atoms with Crippen LogP contribution in [0.2, 0.25) is 0 Å². The molecular weight excluding hydrogens is 624 g/mol. The SMILES string of the molecule is CN(C)c1ncc(-c2ccc(C[C@H](NC(=O)C3CCC(CNC(=O)OC(C)(C)C)CC3)C(=O)Nc3ccc(-c4nn[nH]n4)cc3)cc2)cn1. The number of nitrogens with zero attached hydrogens (tertiary/aromatic N) is 6. The predicted molar refractivity (Wildman–Crippen MR) is 185 cm³/mol. The molecule has 0 aliphatic heterocycles. The highest BCUT2D eigenvalue weighted by Crippen LogP contribution is 2.29. The molecule has 1 fully saturated rings. The molecule has 0 saturated heterocycles. The van der Waals surface area contributed by atoms with Crippen LogP contribution in [0.5, 0.6) is 0 Å². The van der Waals surface area contributed by atoms with Gasteiger partial charge in [-0.1, -0.05) is 24.3 Å². The lowest BCUT2D eigenvalue weighted by Crippen LogP contribution is -2.48. The van der Waals surface area contributed by atoms with Crippen LogP contribution in [0.4, 0.5) is 16.4 Å². The third-order valence-corrected chi connectivity index (χ3v) is 8.31. The molecule has 1 atom stereocenters. The van der Waals surface area contributed by atoms with E-state index in [-0.39, 0.29) is 23.7 Å². The molecule has 2 aromatic heterocycles. The van der Waals surface area contributed by atoms with E-state index in [1.54, 1.807) is 36.7 Å². The first-order chi connectivity index (χ1) is 23.4. The highest BCUT2D eigenvalue weighted by atomic mass is 16.6. The quantitative estimate of drug-likeness (QED) is 0.179. The molecule has 0 radical (unpaired) electrons. The average molecular weight is 669 g/mol. The zero-order valence-electron chi connectivity index (χ0n) is 28.6. The van der Waals surface area contributed by atoms with Crippen molar-refractivity contribution in [3.8, 4) is 22.5 Å². The summed E-state index contributed by atoms with van der Waals surface area (Å²) in [5.74, 6) is 0.625. The largest absolute Gasteiger partial charge is 0.444 e. The van der Waals surface area contributed by atoms with E-state index in [1.807, 2.05) is 64.0 Å². The van der Waals surface area contributed by atoms with Crippen LogP contribution in [0.15, 0.2) is 60.9 Å². The minimum atomic E-state index is -0.815. The van der Waals surface area contributed by atoms with E-state index in [1.165, 1.54) is 0 Å². The van der Waals surface area contributed by atoms with Gasteiger partial charge >= 0.3 is 6.09 Å². The number of hydrogen-bond acceptors (Lipinski definition) is 10. The molecule has 0 unspecified atom stereocenters. The monoisotopic (exact) mass is 668 g/mol. The van der Waals surface area contributed by atoms with Gasteiger partial charge in [0.1, 0.15) is 11.6 Å². The molecule has 4 aromatic rings. The van der Waals surface area contributed by atoms with Crippen LogP contribution in [0, 0.1) is 11.8 Å². The third-order valence-electron chi connectivity index (χ3n) is 8.31. The summed E-state index contributed by atoms with van der Waals surface area (Å²) in [7, 11) is 3.77. The number of aromatic nitrogens is 6. The van der Waals surface area contributed by atoms with Crippen LogP contribution in [-0.2, 0) is 20.7 Å². The Morgan fingerprint density at radius 3 is 2.16 bits per heavy atom. The Labute approximate surface area is 285 Å². The Balaban J connectivity index is 1.23. The van der Waals surface area contributed by atoms with Crippen LogP contribution in [0.25, 0.3) is 22.5 Å². The number of tetrazole rings is 1. The van der Waals surface area contributed by atoms with Gasteiger partial charge in [-0.2, -0.15) is 5.21 Å². The summed E-state index contributed by atoms with van der Waals surface area (Å²) in [6, 6.07) is 14.1. The van der Waals surface area contributed by atoms with Gasteiger partial charge in [0.05, 0.1) is 0 Å². The summed E-state index contributed by atoms with van der Waals surface area (Å²) in [5, 5.41) is 22.8. The predicted octanol–water partition coefficient (Wildman–Crippen LogP) is 4.39. The molecule has 1 aliphatic carbocycles. The van der Waals surface area contributed by atoms with Crippen molar-refractivity contribution in [2.45, 2.75) is 64.5 Å². The van der Waals surface area contributed by atoms with Crippen molar-refractivity contribution in [3.05, 3.63) is 66.5 Å². The fraction of sp³-hybridized carbons (Fsp3) is 0.429. The molecule has 3 amide bonds. The standard InChI is InChI=1S/C35H44N10O4/c1-35(2,3)49-34(48)38-19-23-8-12-26(13-9-23)31(46)40-29(32(47)39-28-16-14-25(15-17-28)30-41-43-44-42-30)18-22-6-10-24(11-7-22)27-20-36-33(37-21-27)45(4)5/h6-7,10-11,14-17,20-21,23,26,29H,8-9,12-13,18-19H2,1-5H3,(H,38,48)(H,39,47)(H,40,46)(H,41,42,43,44)/t23?,26?,29-/m0/s1. The van der Waals surface area contributed by atoms with Gasteiger partial charge in [0.2, 0.25) is 23.6 Å². The number of carbonyl (C=O) groups is 3. The normalized spacial score (nSPS) is 16.7. The maximum atomic E-state index is 13.7. The second kappa shape index (κ2) is 15.7. The molecule has 1 saturated carbocycles. The molecule has 258 valence electrons. The van der Waals surface area contributed by atoms with Gasteiger partial charge in [-0.15, -0.1) is 10.2 Å². The summed E-state index contributed by atoms with van der Waals surface area (Å²) in [4.78, 5) is 50.0. The van der Waals surface area contributed by atoms with Crippen LogP contribution in [-0.4, -0.2) is 80.8 Å². The molecule has 14 nitrogen and oxygen atoms in total. The molecule has 0 spiro atoms. The summed E-state index contributed by atoms with van der Waals surface area (Å²) in [6.45, 7) is 5.98. The number of carbonyl (C=O) groups excluding carboxylic acids is 3.